The highest BCUT2D eigenvalue weighted by Crippen LogP contribution is 2.41. The molecule has 0 bridgehead atoms. The van der Waals surface area contributed by atoms with Gasteiger partial charge in [-0.15, -0.1) is 0 Å². The van der Waals surface area contributed by atoms with Gasteiger partial charge in [0.1, 0.15) is 68.5 Å². The molecule has 16 heteroatoms. The smallest absolute Gasteiger partial charge is 0.308 e. The van der Waals surface area contributed by atoms with Crippen LogP contribution in [0.4, 0.5) is 0 Å². The second-order valence-corrected chi connectivity index (χ2v) is 11.7. The van der Waals surface area contributed by atoms with Crippen molar-refractivity contribution in [2.24, 2.45) is 0 Å². The lowest BCUT2D eigenvalue weighted by molar-refractivity contribution is -0.265. The Morgan fingerprint density at radius 1 is 0.690 bits per heavy atom. The molecule has 5 aliphatic heterocycles. The summed E-state index contributed by atoms with van der Waals surface area (Å²) in [5, 5.41) is 29.0. The quantitative estimate of drug-likeness (QED) is 0.124. The summed E-state index contributed by atoms with van der Waals surface area (Å²) in [6.07, 6.45) is -8.96. The summed E-state index contributed by atoms with van der Waals surface area (Å²) in [5.41, 5.74) is 0. The van der Waals surface area contributed by atoms with Gasteiger partial charge in [0.2, 0.25) is 0 Å². The van der Waals surface area contributed by atoms with Crippen LogP contribution in [0.1, 0.15) is 34.1 Å². The Hall–Kier alpha value is -1.09. The van der Waals surface area contributed by atoms with Crippen LogP contribution in [-0.2, 0) is 61.6 Å². The lowest BCUT2D eigenvalue weighted by Crippen LogP contribution is -2.35. The highest BCUT2D eigenvalue weighted by Gasteiger charge is 2.57. The standard InChI is InChI=1S/C26H42O16/c1-25(2)39-19-12(6-16(28)31-5)36-14(20(19)40-25)8-32-11-35-24-22-21(41-26(3,4)42-22)15(38-24)9-33-10-34-23-18(30)17(29)13(7-27)37-23/h12-15,17-24,27,29-30H,6-11H2,1-5H3/t12-,13+,14+,15+,17+,18+,19-,20+,21+,22+,23?,24?/m0/s1. The van der Waals surface area contributed by atoms with Gasteiger partial charge in [0.15, 0.2) is 24.2 Å². The number of hydrogen-bond donors (Lipinski definition) is 3. The minimum Gasteiger partial charge on any atom is -0.469 e. The number of carbonyl (C=O) groups excluding carboxylic acids is 1. The van der Waals surface area contributed by atoms with Crippen molar-refractivity contribution in [2.75, 3.05) is 40.5 Å². The van der Waals surface area contributed by atoms with Crippen LogP contribution in [0.3, 0.4) is 0 Å². The van der Waals surface area contributed by atoms with Crippen LogP contribution in [0.2, 0.25) is 0 Å². The normalized spacial score (nSPS) is 43.5. The Balaban J connectivity index is 1.07. The SMILES string of the molecule is COC(=O)C[C@@H]1O[C@H](COCOC2O[C@H](COCOC3O[C@H](CO)[C@@H](O)[C@H]3O)[C@H]3OC(C)(C)O[C@@H]23)[C@H]2OC(C)(C)O[C@H]21. The van der Waals surface area contributed by atoms with E-state index in [0.29, 0.717) is 0 Å². The Bertz CT molecular complexity index is 917. The van der Waals surface area contributed by atoms with Crippen molar-refractivity contribution in [3.63, 3.8) is 0 Å². The van der Waals surface area contributed by atoms with Gasteiger partial charge in [-0.05, 0) is 27.7 Å². The van der Waals surface area contributed by atoms with Gasteiger partial charge in [-0.2, -0.15) is 0 Å². The molecule has 0 radical (unpaired) electrons. The van der Waals surface area contributed by atoms with E-state index in [-0.39, 0.29) is 33.2 Å². The summed E-state index contributed by atoms with van der Waals surface area (Å²) in [7, 11) is 1.32. The molecule has 3 N–H and O–H groups in total. The number of rotatable bonds is 13. The lowest BCUT2D eigenvalue weighted by Gasteiger charge is -2.25. The van der Waals surface area contributed by atoms with Crippen LogP contribution < -0.4 is 0 Å². The van der Waals surface area contributed by atoms with Crippen molar-refractivity contribution in [1.29, 1.82) is 0 Å². The van der Waals surface area contributed by atoms with Crippen LogP contribution in [0.15, 0.2) is 0 Å². The Morgan fingerprint density at radius 2 is 1.19 bits per heavy atom. The Labute approximate surface area is 243 Å². The van der Waals surface area contributed by atoms with Gasteiger partial charge in [0.25, 0.3) is 0 Å². The molecule has 16 nitrogen and oxygen atoms in total. The molecule has 42 heavy (non-hydrogen) atoms. The van der Waals surface area contributed by atoms with E-state index in [9.17, 15) is 20.1 Å². The molecule has 0 aromatic carbocycles. The van der Waals surface area contributed by atoms with Gasteiger partial charge >= 0.3 is 5.97 Å². The number of ether oxygens (including phenoxy) is 12. The molecule has 0 aromatic heterocycles. The molecular weight excluding hydrogens is 568 g/mol. The van der Waals surface area contributed by atoms with E-state index in [0.717, 1.165) is 0 Å². The minimum atomic E-state index is -1.32. The van der Waals surface area contributed by atoms with E-state index in [4.69, 9.17) is 56.8 Å². The molecule has 12 atom stereocenters. The van der Waals surface area contributed by atoms with Crippen LogP contribution in [0.5, 0.6) is 0 Å². The average Bonchev–Trinajstić information content (AvgIpc) is 3.68. The number of aliphatic hydroxyl groups excluding tert-OH is 3. The van der Waals surface area contributed by atoms with Gasteiger partial charge in [0.05, 0.1) is 39.5 Å². The molecule has 0 aromatic rings. The molecule has 0 amide bonds. The average molecular weight is 611 g/mol. The van der Waals surface area contributed by atoms with Gasteiger partial charge in [0, 0.05) is 0 Å². The first-order chi connectivity index (χ1) is 19.9. The summed E-state index contributed by atoms with van der Waals surface area (Å²) >= 11 is 0. The summed E-state index contributed by atoms with van der Waals surface area (Å²) in [6, 6.07) is 0. The molecule has 242 valence electrons. The molecule has 5 saturated heterocycles. The van der Waals surface area contributed by atoms with E-state index in [1.165, 1.54) is 7.11 Å². The fraction of sp³-hybridized carbons (Fsp3) is 0.962. The second kappa shape index (κ2) is 13.1. The maximum atomic E-state index is 11.9. The van der Waals surface area contributed by atoms with Crippen LogP contribution in [0.25, 0.3) is 0 Å². The van der Waals surface area contributed by atoms with Crippen LogP contribution in [0, 0.1) is 0 Å². The maximum absolute atomic E-state index is 11.9. The highest BCUT2D eigenvalue weighted by atomic mass is 16.8. The maximum Gasteiger partial charge on any atom is 0.308 e. The van der Waals surface area contributed by atoms with Gasteiger partial charge in [-0.1, -0.05) is 0 Å². The molecule has 0 saturated carbocycles. The number of methoxy groups -OCH3 is 1. The van der Waals surface area contributed by atoms with E-state index in [2.05, 4.69) is 0 Å². The van der Waals surface area contributed by atoms with Crippen molar-refractivity contribution < 1.29 is 77.0 Å². The lowest BCUT2D eigenvalue weighted by atomic mass is 10.1. The van der Waals surface area contributed by atoms with E-state index >= 15 is 0 Å². The minimum absolute atomic E-state index is 0.0319. The van der Waals surface area contributed by atoms with Gasteiger partial charge in [-0.3, -0.25) is 4.79 Å². The summed E-state index contributed by atoms with van der Waals surface area (Å²) in [6.45, 7) is 6.45. The zero-order chi connectivity index (χ0) is 30.2. The predicted octanol–water partition coefficient (Wildman–Crippen LogP) is -1.50. The van der Waals surface area contributed by atoms with Crippen LogP contribution in [-0.4, -0.2) is 147 Å². The predicted molar refractivity (Wildman–Crippen MR) is 133 cm³/mol. The topological polar surface area (TPSA) is 189 Å². The number of esters is 1. The van der Waals surface area contributed by atoms with Crippen molar-refractivity contribution in [1.82, 2.24) is 0 Å². The third kappa shape index (κ3) is 7.07. The molecule has 2 unspecified atom stereocenters. The zero-order valence-electron chi connectivity index (χ0n) is 24.3. The molecule has 0 aliphatic carbocycles. The molecule has 0 spiro atoms. The number of fused-ring (bicyclic) bond motifs is 2. The summed E-state index contributed by atoms with van der Waals surface area (Å²) in [4.78, 5) is 11.9. The molecular formula is C26H42O16. The largest absolute Gasteiger partial charge is 0.469 e. The summed E-state index contributed by atoms with van der Waals surface area (Å²) in [5.74, 6) is -2.10. The molecule has 5 rings (SSSR count). The first-order valence-electron chi connectivity index (χ1n) is 14.0. The van der Waals surface area contributed by atoms with Crippen molar-refractivity contribution in [3.05, 3.63) is 0 Å². The van der Waals surface area contributed by atoms with E-state index < -0.39 is 97.8 Å². The number of hydrogen-bond acceptors (Lipinski definition) is 16. The fourth-order valence-electron chi connectivity index (χ4n) is 5.79. The molecule has 5 aliphatic rings. The highest BCUT2D eigenvalue weighted by molar-refractivity contribution is 5.70. The first-order valence-corrected chi connectivity index (χ1v) is 14.0. The van der Waals surface area contributed by atoms with E-state index in [1.807, 2.05) is 0 Å². The molecule has 5 heterocycles. The van der Waals surface area contributed by atoms with Crippen LogP contribution >= 0.6 is 0 Å². The Morgan fingerprint density at radius 3 is 1.76 bits per heavy atom. The van der Waals surface area contributed by atoms with Crippen molar-refractivity contribution in [2.45, 2.75) is 119 Å². The van der Waals surface area contributed by atoms with Crippen molar-refractivity contribution in [3.8, 4) is 0 Å². The first kappa shape index (κ1) is 32.3. The van der Waals surface area contributed by atoms with Crippen molar-refractivity contribution >= 4 is 5.97 Å². The monoisotopic (exact) mass is 610 g/mol. The third-order valence-corrected chi connectivity index (χ3v) is 7.64. The zero-order valence-corrected chi connectivity index (χ0v) is 24.3. The van der Waals surface area contributed by atoms with E-state index in [1.54, 1.807) is 27.7 Å². The van der Waals surface area contributed by atoms with Gasteiger partial charge < -0.3 is 72.2 Å². The number of aliphatic hydroxyl groups is 3. The summed E-state index contributed by atoms with van der Waals surface area (Å²) < 4.78 is 68.6. The van der Waals surface area contributed by atoms with Gasteiger partial charge in [-0.25, -0.2) is 0 Å². The second-order valence-electron chi connectivity index (χ2n) is 11.7. The third-order valence-electron chi connectivity index (χ3n) is 7.64. The Kier molecular flexibility index (Phi) is 10.1. The number of carbonyl (C=O) groups is 1. The fourth-order valence-corrected chi connectivity index (χ4v) is 5.79. The molecule has 5 fully saturated rings.